The first kappa shape index (κ1) is 21.2. The Kier molecular flexibility index (Phi) is 4.78. The van der Waals surface area contributed by atoms with Gasteiger partial charge in [0.2, 0.25) is 0 Å². The molecule has 1 aliphatic carbocycles. The highest BCUT2D eigenvalue weighted by atomic mass is 16.5. The summed E-state index contributed by atoms with van der Waals surface area (Å²) in [4.78, 5) is 12.4. The fraction of sp³-hybridized carbons (Fsp3) is 0.250. The molecule has 7 heteroatoms. The number of hydrogen-bond donors (Lipinski definition) is 1. The average Bonchev–Trinajstić information content (AvgIpc) is 3.60. The number of H-pyrrole nitrogens is 1. The molecule has 0 unspecified atom stereocenters. The third-order valence-corrected chi connectivity index (χ3v) is 7.12. The number of nitrogens with one attached hydrogen (secondary N) is 1. The van der Waals surface area contributed by atoms with E-state index in [9.17, 15) is 5.26 Å². The van der Waals surface area contributed by atoms with Gasteiger partial charge >= 0.3 is 0 Å². The van der Waals surface area contributed by atoms with Crippen LogP contribution in [0.2, 0.25) is 0 Å². The van der Waals surface area contributed by atoms with E-state index in [1.54, 1.807) is 24.8 Å². The van der Waals surface area contributed by atoms with Gasteiger partial charge in [0.05, 0.1) is 24.7 Å². The Morgan fingerprint density at radius 2 is 1.77 bits per heavy atom. The number of rotatable bonds is 5. The van der Waals surface area contributed by atoms with Gasteiger partial charge in [-0.05, 0) is 67.6 Å². The summed E-state index contributed by atoms with van der Waals surface area (Å²) in [5.41, 5.74) is 6.03. The number of pyridine rings is 2. The Labute approximate surface area is 203 Å². The van der Waals surface area contributed by atoms with Crippen molar-refractivity contribution < 1.29 is 9.09 Å². The molecule has 1 N–H and O–H groups in total. The number of benzene rings is 1. The van der Waals surface area contributed by atoms with E-state index in [2.05, 4.69) is 49.9 Å². The van der Waals surface area contributed by atoms with Crippen molar-refractivity contribution >= 4 is 11.0 Å². The van der Waals surface area contributed by atoms with Gasteiger partial charge in [0, 0.05) is 35.9 Å². The van der Waals surface area contributed by atoms with E-state index < -0.39 is 5.41 Å². The highest BCUT2D eigenvalue weighted by molar-refractivity contribution is 5.87. The molecule has 0 saturated heterocycles. The van der Waals surface area contributed by atoms with Crippen molar-refractivity contribution in [1.29, 1.82) is 5.26 Å². The van der Waals surface area contributed by atoms with Crippen molar-refractivity contribution in [3.63, 3.8) is 0 Å². The van der Waals surface area contributed by atoms with Crippen molar-refractivity contribution in [2.24, 2.45) is 7.05 Å². The summed E-state index contributed by atoms with van der Waals surface area (Å²) >= 11 is 0. The first-order chi connectivity index (χ1) is 17.0. The Hall–Kier alpha value is -4.31. The topological polar surface area (TPSA) is 95.3 Å². The van der Waals surface area contributed by atoms with Gasteiger partial charge in [-0.15, -0.1) is 0 Å². The Morgan fingerprint density at radius 1 is 1.09 bits per heavy atom. The summed E-state index contributed by atoms with van der Waals surface area (Å²) in [7, 11) is 2.08. The minimum atomic E-state index is -1.13. The molecule has 1 saturated carbocycles. The molecule has 0 atom stereocenters. The number of fused-ring (bicyclic) bond motifs is 1. The molecule has 35 heavy (non-hydrogen) atoms. The molecule has 0 radical (unpaired) electrons. The van der Waals surface area contributed by atoms with E-state index in [0.717, 1.165) is 50.3 Å². The van der Waals surface area contributed by atoms with E-state index in [4.69, 9.17) is 4.52 Å². The van der Waals surface area contributed by atoms with Crippen molar-refractivity contribution in [1.82, 2.24) is 20.1 Å². The van der Waals surface area contributed by atoms with Crippen LogP contribution in [0.4, 0.5) is 0 Å². The number of aromatic nitrogens is 5. The van der Waals surface area contributed by atoms with E-state index in [1.165, 1.54) is 18.7 Å². The molecule has 1 aliphatic rings. The number of aryl methyl sites for hydroxylation is 3. The third kappa shape index (κ3) is 3.17. The molecule has 0 spiro atoms. The number of aromatic amines is 1. The molecule has 5 aromatic rings. The minimum absolute atomic E-state index is 0.510. The summed E-state index contributed by atoms with van der Waals surface area (Å²) in [6, 6.07) is 14.6. The van der Waals surface area contributed by atoms with Crippen LogP contribution in [0.3, 0.4) is 0 Å². The van der Waals surface area contributed by atoms with Gasteiger partial charge in [0.25, 0.3) is 5.82 Å². The zero-order valence-electron chi connectivity index (χ0n) is 19.9. The highest BCUT2D eigenvalue weighted by Crippen LogP contribution is 2.45. The smallest absolute Gasteiger partial charge is 0.258 e. The molecule has 0 amide bonds. The maximum Gasteiger partial charge on any atom is 0.258 e. The molecule has 172 valence electrons. The molecule has 1 aromatic carbocycles. The SMILES string of the molecule is Cc1noc(C)c1-c1cc(C(C#N)(c2cccnc2)c2cccnc2)c2c(c1)[nH]c(C1CC1)[n+]2C. The van der Waals surface area contributed by atoms with Crippen LogP contribution < -0.4 is 4.57 Å². The van der Waals surface area contributed by atoms with Gasteiger partial charge in [-0.2, -0.15) is 5.26 Å². The van der Waals surface area contributed by atoms with Crippen molar-refractivity contribution in [2.75, 3.05) is 0 Å². The van der Waals surface area contributed by atoms with Crippen LogP contribution >= 0.6 is 0 Å². The van der Waals surface area contributed by atoms with Crippen LogP contribution in [0.5, 0.6) is 0 Å². The van der Waals surface area contributed by atoms with E-state index in [0.29, 0.717) is 5.92 Å². The normalized spacial score (nSPS) is 13.8. The lowest BCUT2D eigenvalue weighted by molar-refractivity contribution is -0.653. The molecule has 6 rings (SSSR count). The van der Waals surface area contributed by atoms with Crippen molar-refractivity contribution in [3.8, 4) is 17.2 Å². The zero-order valence-corrected chi connectivity index (χ0v) is 19.9. The number of hydrogen-bond acceptors (Lipinski definition) is 5. The molecule has 7 nitrogen and oxygen atoms in total. The third-order valence-electron chi connectivity index (χ3n) is 7.12. The lowest BCUT2D eigenvalue weighted by Gasteiger charge is -2.28. The molecule has 4 aromatic heterocycles. The van der Waals surface area contributed by atoms with Gasteiger partial charge in [-0.1, -0.05) is 17.3 Å². The van der Waals surface area contributed by atoms with E-state index in [1.807, 2.05) is 38.1 Å². The Bertz CT molecular complexity index is 1530. The van der Waals surface area contributed by atoms with Crippen molar-refractivity contribution in [2.45, 2.75) is 38.0 Å². The van der Waals surface area contributed by atoms with Gasteiger partial charge in [0.15, 0.2) is 11.0 Å². The van der Waals surface area contributed by atoms with Gasteiger partial charge < -0.3 is 4.52 Å². The standard InChI is InChI=1S/C28H24N6O/c1-17-25(18(2)35-33-17)20-12-23(26-24(13-20)32-27(34(26)3)19-8-9-19)28(16-29,21-6-4-10-30-14-21)22-7-5-11-31-15-22/h4-7,10-15,19H,8-9H2,1-3H3/p+1. The predicted octanol–water partition coefficient (Wildman–Crippen LogP) is 4.79. The maximum atomic E-state index is 11.0. The number of imidazole rings is 1. The lowest BCUT2D eigenvalue weighted by atomic mass is 9.70. The van der Waals surface area contributed by atoms with Crippen LogP contribution in [0.15, 0.2) is 65.7 Å². The van der Waals surface area contributed by atoms with Crippen LogP contribution in [0.1, 0.15) is 52.7 Å². The lowest BCUT2D eigenvalue weighted by Crippen LogP contribution is -2.36. The summed E-state index contributed by atoms with van der Waals surface area (Å²) < 4.78 is 7.73. The van der Waals surface area contributed by atoms with E-state index >= 15 is 0 Å². The molecule has 1 fully saturated rings. The molecule has 4 heterocycles. The largest absolute Gasteiger partial charge is 0.361 e. The first-order valence-corrected chi connectivity index (χ1v) is 11.8. The Morgan fingerprint density at radius 3 is 2.29 bits per heavy atom. The Balaban J connectivity index is 1.77. The fourth-order valence-corrected chi connectivity index (χ4v) is 5.33. The zero-order chi connectivity index (χ0) is 24.2. The monoisotopic (exact) mass is 461 g/mol. The maximum absolute atomic E-state index is 11.0. The van der Waals surface area contributed by atoms with Crippen LogP contribution in [-0.4, -0.2) is 20.1 Å². The second-order valence-electron chi connectivity index (χ2n) is 9.31. The van der Waals surface area contributed by atoms with Gasteiger partial charge in [0.1, 0.15) is 11.2 Å². The second kappa shape index (κ2) is 7.88. The summed E-state index contributed by atoms with van der Waals surface area (Å²) in [5.74, 6) is 2.44. The molecular formula is C28H25N6O+. The average molecular weight is 462 g/mol. The highest BCUT2D eigenvalue weighted by Gasteiger charge is 2.43. The molecule has 0 bridgehead atoms. The number of nitrogens with zero attached hydrogens (tertiary/aromatic N) is 5. The first-order valence-electron chi connectivity index (χ1n) is 11.8. The van der Waals surface area contributed by atoms with Gasteiger partial charge in [-0.25, -0.2) is 9.55 Å². The van der Waals surface area contributed by atoms with Crippen molar-refractivity contribution in [3.05, 3.63) is 95.2 Å². The molecular weight excluding hydrogens is 436 g/mol. The molecule has 0 aliphatic heterocycles. The predicted molar refractivity (Wildman–Crippen MR) is 130 cm³/mol. The summed E-state index contributed by atoms with van der Waals surface area (Å²) in [6.07, 6.45) is 9.35. The summed E-state index contributed by atoms with van der Waals surface area (Å²) in [5, 5.41) is 15.2. The number of nitriles is 1. The van der Waals surface area contributed by atoms with Crippen LogP contribution in [0, 0.1) is 25.2 Å². The van der Waals surface area contributed by atoms with E-state index in [-0.39, 0.29) is 0 Å². The fourth-order valence-electron chi connectivity index (χ4n) is 5.33. The van der Waals surface area contributed by atoms with Crippen LogP contribution in [-0.2, 0) is 12.5 Å². The van der Waals surface area contributed by atoms with Gasteiger partial charge in [-0.3, -0.25) is 9.97 Å². The second-order valence-corrected chi connectivity index (χ2v) is 9.31. The van der Waals surface area contributed by atoms with Crippen LogP contribution in [0.25, 0.3) is 22.2 Å². The quantitative estimate of drug-likeness (QED) is 0.380. The summed E-state index contributed by atoms with van der Waals surface area (Å²) in [6.45, 7) is 3.86. The minimum Gasteiger partial charge on any atom is -0.361 e.